The Balaban J connectivity index is 2.12. The van der Waals surface area contributed by atoms with Crippen molar-refractivity contribution in [3.05, 3.63) is 24.2 Å². The Bertz CT molecular complexity index is 675. The number of aliphatic carboxylic acids is 1. The van der Waals surface area contributed by atoms with Gasteiger partial charge in [-0.2, -0.15) is 0 Å². The van der Waals surface area contributed by atoms with Crippen molar-refractivity contribution in [2.24, 2.45) is 11.3 Å². The number of carboxylic acid groups (broad SMARTS) is 1. The molecule has 106 valence electrons. The summed E-state index contributed by atoms with van der Waals surface area (Å²) in [5.74, 6) is -0.239. The molecule has 0 radical (unpaired) electrons. The predicted octanol–water partition coefficient (Wildman–Crippen LogP) is 2.67. The van der Waals surface area contributed by atoms with Gasteiger partial charge in [0.15, 0.2) is 5.65 Å². The van der Waals surface area contributed by atoms with Gasteiger partial charge in [0.1, 0.15) is 11.3 Å². The monoisotopic (exact) mass is 273 g/mol. The fourth-order valence-electron chi connectivity index (χ4n) is 3.24. The highest BCUT2D eigenvalue weighted by Gasteiger charge is 2.64. The summed E-state index contributed by atoms with van der Waals surface area (Å²) in [6.07, 6.45) is 2.73. The zero-order valence-corrected chi connectivity index (χ0v) is 12.0. The number of hydrogen-bond donors (Lipinski definition) is 1. The maximum Gasteiger partial charge on any atom is 0.307 e. The lowest BCUT2D eigenvalue weighted by atomic mass is 10.1. The van der Waals surface area contributed by atoms with E-state index in [0.29, 0.717) is 0 Å². The third-order valence-corrected chi connectivity index (χ3v) is 4.35. The maximum absolute atomic E-state index is 11.4. The molecule has 2 unspecified atom stereocenters. The fraction of sp³-hybridized carbons (Fsp3) is 0.533. The second-order valence-corrected chi connectivity index (χ2v) is 6.08. The molecule has 2 heterocycles. The molecule has 1 aliphatic rings. The van der Waals surface area contributed by atoms with E-state index in [-0.39, 0.29) is 17.3 Å². The van der Waals surface area contributed by atoms with Crippen LogP contribution >= 0.6 is 0 Å². The minimum atomic E-state index is -0.733. The molecule has 0 bridgehead atoms. The van der Waals surface area contributed by atoms with Crippen molar-refractivity contribution in [2.75, 3.05) is 0 Å². The first-order chi connectivity index (χ1) is 9.48. The number of nitrogens with zero attached hydrogens (tertiary/aromatic N) is 3. The third kappa shape index (κ3) is 1.72. The minimum Gasteiger partial charge on any atom is -0.481 e. The Morgan fingerprint density at radius 3 is 2.85 bits per heavy atom. The van der Waals surface area contributed by atoms with Crippen molar-refractivity contribution in [3.63, 3.8) is 0 Å². The van der Waals surface area contributed by atoms with Crippen LogP contribution in [-0.2, 0) is 11.3 Å². The van der Waals surface area contributed by atoms with E-state index in [2.05, 4.69) is 21.5 Å². The van der Waals surface area contributed by atoms with E-state index >= 15 is 0 Å². The first-order valence-corrected chi connectivity index (χ1v) is 7.02. The van der Waals surface area contributed by atoms with Gasteiger partial charge in [-0.05, 0) is 24.0 Å². The smallest absolute Gasteiger partial charge is 0.307 e. The lowest BCUT2D eigenvalue weighted by Gasteiger charge is -2.07. The second kappa shape index (κ2) is 4.30. The molecule has 5 nitrogen and oxygen atoms in total. The summed E-state index contributed by atoms with van der Waals surface area (Å²) >= 11 is 0. The fourth-order valence-corrected chi connectivity index (χ4v) is 3.24. The van der Waals surface area contributed by atoms with Crippen molar-refractivity contribution in [1.82, 2.24) is 14.5 Å². The summed E-state index contributed by atoms with van der Waals surface area (Å²) in [7, 11) is 0. The Kier molecular flexibility index (Phi) is 2.81. The van der Waals surface area contributed by atoms with E-state index in [9.17, 15) is 9.90 Å². The summed E-state index contributed by atoms with van der Waals surface area (Å²) in [6, 6.07) is 3.80. The van der Waals surface area contributed by atoms with Gasteiger partial charge in [0.2, 0.25) is 0 Å². The number of aryl methyl sites for hydroxylation is 1. The number of pyridine rings is 1. The number of carboxylic acids is 1. The molecule has 1 saturated carbocycles. The zero-order valence-electron chi connectivity index (χ0n) is 12.0. The van der Waals surface area contributed by atoms with E-state index in [1.807, 2.05) is 26.0 Å². The predicted molar refractivity (Wildman–Crippen MR) is 75.5 cm³/mol. The van der Waals surface area contributed by atoms with Crippen LogP contribution in [0.4, 0.5) is 0 Å². The normalized spacial score (nSPS) is 23.9. The lowest BCUT2D eigenvalue weighted by Crippen LogP contribution is -2.06. The molecule has 1 aliphatic carbocycles. The molecular formula is C15H19N3O2. The van der Waals surface area contributed by atoms with Crippen LogP contribution in [0.15, 0.2) is 18.3 Å². The molecule has 1 N–H and O–H groups in total. The Hall–Kier alpha value is -1.91. The van der Waals surface area contributed by atoms with Gasteiger partial charge in [0.25, 0.3) is 0 Å². The van der Waals surface area contributed by atoms with E-state index < -0.39 is 5.97 Å². The van der Waals surface area contributed by atoms with Crippen LogP contribution in [0.1, 0.15) is 38.9 Å². The van der Waals surface area contributed by atoms with Crippen LogP contribution in [0, 0.1) is 11.3 Å². The topological polar surface area (TPSA) is 68.0 Å². The second-order valence-electron chi connectivity index (χ2n) is 6.08. The van der Waals surface area contributed by atoms with Gasteiger partial charge in [-0.3, -0.25) is 4.79 Å². The molecule has 2 aromatic heterocycles. The van der Waals surface area contributed by atoms with Crippen LogP contribution in [0.2, 0.25) is 0 Å². The zero-order chi connectivity index (χ0) is 14.5. The average Bonchev–Trinajstić information content (AvgIpc) is 2.80. The molecule has 0 amide bonds. The van der Waals surface area contributed by atoms with E-state index in [1.165, 1.54) is 0 Å². The summed E-state index contributed by atoms with van der Waals surface area (Å²) in [6.45, 7) is 6.92. The van der Waals surface area contributed by atoms with Gasteiger partial charge < -0.3 is 9.67 Å². The quantitative estimate of drug-likeness (QED) is 0.930. The molecule has 3 rings (SSSR count). The van der Waals surface area contributed by atoms with Crippen molar-refractivity contribution in [3.8, 4) is 0 Å². The Morgan fingerprint density at radius 2 is 2.25 bits per heavy atom. The largest absolute Gasteiger partial charge is 0.481 e. The third-order valence-electron chi connectivity index (χ3n) is 4.35. The number of hydrogen-bond acceptors (Lipinski definition) is 3. The molecule has 0 aliphatic heterocycles. The minimum absolute atomic E-state index is 0.0271. The van der Waals surface area contributed by atoms with Crippen LogP contribution in [0.3, 0.4) is 0 Å². The summed E-state index contributed by atoms with van der Waals surface area (Å²) in [4.78, 5) is 20.5. The summed E-state index contributed by atoms with van der Waals surface area (Å²) in [5, 5.41) is 9.36. The van der Waals surface area contributed by atoms with Crippen molar-refractivity contribution < 1.29 is 9.90 Å². The van der Waals surface area contributed by atoms with Crippen molar-refractivity contribution >= 4 is 17.1 Å². The molecule has 2 atom stereocenters. The highest BCUT2D eigenvalue weighted by molar-refractivity contribution is 5.78. The first kappa shape index (κ1) is 13.1. The molecule has 1 fully saturated rings. The van der Waals surface area contributed by atoms with E-state index in [0.717, 1.165) is 30.0 Å². The maximum atomic E-state index is 11.4. The molecule has 0 aromatic carbocycles. The number of fused-ring (bicyclic) bond motifs is 1. The molecule has 5 heteroatoms. The average molecular weight is 273 g/mol. The first-order valence-electron chi connectivity index (χ1n) is 7.02. The Morgan fingerprint density at radius 1 is 1.50 bits per heavy atom. The molecule has 0 saturated heterocycles. The molecule has 0 spiro atoms. The molecule has 2 aromatic rings. The van der Waals surface area contributed by atoms with Gasteiger partial charge in [-0.15, -0.1) is 0 Å². The SMILES string of the molecule is CCCn1c(C2C(C(=O)O)C2(C)C)nc2cccnc21. The van der Waals surface area contributed by atoms with Gasteiger partial charge >= 0.3 is 5.97 Å². The Labute approximate surface area is 117 Å². The van der Waals surface area contributed by atoms with Crippen molar-refractivity contribution in [1.29, 1.82) is 0 Å². The highest BCUT2D eigenvalue weighted by atomic mass is 16.4. The summed E-state index contributed by atoms with van der Waals surface area (Å²) in [5.41, 5.74) is 1.47. The number of carbonyl (C=O) groups is 1. The number of rotatable bonds is 4. The summed E-state index contributed by atoms with van der Waals surface area (Å²) < 4.78 is 2.09. The van der Waals surface area contributed by atoms with E-state index in [1.54, 1.807) is 6.20 Å². The van der Waals surface area contributed by atoms with Gasteiger partial charge in [0, 0.05) is 18.7 Å². The molecule has 20 heavy (non-hydrogen) atoms. The van der Waals surface area contributed by atoms with Crippen LogP contribution < -0.4 is 0 Å². The molecular weight excluding hydrogens is 254 g/mol. The van der Waals surface area contributed by atoms with Crippen molar-refractivity contribution in [2.45, 2.75) is 39.7 Å². The van der Waals surface area contributed by atoms with Gasteiger partial charge in [-0.25, -0.2) is 9.97 Å². The highest BCUT2D eigenvalue weighted by Crippen LogP contribution is 2.64. The van der Waals surface area contributed by atoms with Crippen LogP contribution in [0.25, 0.3) is 11.2 Å². The van der Waals surface area contributed by atoms with Gasteiger partial charge in [-0.1, -0.05) is 20.8 Å². The number of imidazole rings is 1. The van der Waals surface area contributed by atoms with Crippen LogP contribution in [0.5, 0.6) is 0 Å². The van der Waals surface area contributed by atoms with Crippen LogP contribution in [-0.4, -0.2) is 25.6 Å². The standard InChI is InChI=1S/C15H19N3O2/c1-4-8-18-12-9(6-5-7-16-12)17-13(18)10-11(14(19)20)15(10,2)3/h5-7,10-11H,4,8H2,1-3H3,(H,19,20). The van der Waals surface area contributed by atoms with E-state index in [4.69, 9.17) is 0 Å². The lowest BCUT2D eigenvalue weighted by molar-refractivity contribution is -0.139. The number of aromatic nitrogens is 3. The van der Waals surface area contributed by atoms with Gasteiger partial charge in [0.05, 0.1) is 5.92 Å².